The van der Waals surface area contributed by atoms with Gasteiger partial charge in [0.1, 0.15) is 9.96 Å². The van der Waals surface area contributed by atoms with Crippen LogP contribution >= 0.6 is 11.3 Å². The average molecular weight is 431 g/mol. The van der Waals surface area contributed by atoms with E-state index in [4.69, 9.17) is 4.74 Å². The number of rotatable bonds is 6. The van der Waals surface area contributed by atoms with Gasteiger partial charge in [0.05, 0.1) is 22.6 Å². The van der Waals surface area contributed by atoms with Crippen LogP contribution in [0, 0.1) is 13.8 Å². The predicted octanol–water partition coefficient (Wildman–Crippen LogP) is 4.42. The number of ether oxygens (including phenoxy) is 1. The van der Waals surface area contributed by atoms with E-state index in [1.165, 1.54) is 22.9 Å². The molecule has 0 amide bonds. The Bertz CT molecular complexity index is 1080. The van der Waals surface area contributed by atoms with Crippen LogP contribution in [0.5, 0.6) is 5.75 Å². The van der Waals surface area contributed by atoms with E-state index in [1.54, 1.807) is 25.3 Å². The molecule has 1 N–H and O–H groups in total. The summed E-state index contributed by atoms with van der Waals surface area (Å²) in [4.78, 5) is 0. The Labute approximate surface area is 163 Å². The van der Waals surface area contributed by atoms with E-state index in [1.807, 2.05) is 0 Å². The van der Waals surface area contributed by atoms with Gasteiger partial charge in [-0.05, 0) is 43.5 Å². The minimum atomic E-state index is -4.47. The molecule has 0 saturated carbocycles. The van der Waals surface area contributed by atoms with Crippen molar-refractivity contribution in [3.05, 3.63) is 58.7 Å². The highest BCUT2D eigenvalue weighted by Crippen LogP contribution is 2.31. The second kappa shape index (κ2) is 7.47. The van der Waals surface area contributed by atoms with E-state index < -0.39 is 21.8 Å². The zero-order chi connectivity index (χ0) is 20.5. The number of nitrogens with one attached hydrogen (secondary N) is 1. The maximum absolute atomic E-state index is 12.8. The summed E-state index contributed by atoms with van der Waals surface area (Å²) in [6.45, 7) is 3.09. The molecule has 0 unspecified atom stereocenters. The second-order valence-electron chi connectivity index (χ2n) is 5.88. The lowest BCUT2D eigenvalue weighted by molar-refractivity contribution is -0.137. The van der Waals surface area contributed by atoms with Crippen molar-refractivity contribution in [1.82, 2.24) is 9.78 Å². The summed E-state index contributed by atoms with van der Waals surface area (Å²) in [6, 6.07) is 7.62. The van der Waals surface area contributed by atoms with Crippen molar-refractivity contribution in [1.29, 1.82) is 0 Å². The molecule has 2 aromatic heterocycles. The molecule has 2 heterocycles. The fraction of sp³-hybridized carbons (Fsp3) is 0.235. The van der Waals surface area contributed by atoms with Gasteiger partial charge in [-0.2, -0.15) is 18.3 Å². The van der Waals surface area contributed by atoms with Crippen LogP contribution in [0.25, 0.3) is 0 Å². The van der Waals surface area contributed by atoms with Crippen LogP contribution in [-0.2, 0) is 22.9 Å². The molecule has 0 saturated heterocycles. The quantitative estimate of drug-likeness (QED) is 0.627. The van der Waals surface area contributed by atoms with Crippen LogP contribution in [0.2, 0.25) is 0 Å². The number of hydrogen-bond donors (Lipinski definition) is 1. The van der Waals surface area contributed by atoms with Gasteiger partial charge in [-0.15, -0.1) is 11.3 Å². The lowest BCUT2D eigenvalue weighted by Crippen LogP contribution is -2.13. The van der Waals surface area contributed by atoms with Crippen molar-refractivity contribution >= 4 is 27.0 Å². The number of thiophene rings is 1. The summed E-state index contributed by atoms with van der Waals surface area (Å²) >= 11 is 1.08. The van der Waals surface area contributed by atoms with E-state index in [0.29, 0.717) is 17.1 Å². The summed E-state index contributed by atoms with van der Waals surface area (Å²) in [5.74, 6) is 0.0306. The third-order valence-corrected chi connectivity index (χ3v) is 6.64. The highest BCUT2D eigenvalue weighted by molar-refractivity contribution is 7.94. The Morgan fingerprint density at radius 3 is 2.61 bits per heavy atom. The fourth-order valence-electron chi connectivity index (χ4n) is 2.47. The van der Waals surface area contributed by atoms with E-state index in [2.05, 4.69) is 9.82 Å². The van der Waals surface area contributed by atoms with E-state index in [9.17, 15) is 21.6 Å². The Kier molecular flexibility index (Phi) is 5.39. The summed E-state index contributed by atoms with van der Waals surface area (Å²) in [7, 11) is -3.74. The zero-order valence-corrected chi connectivity index (χ0v) is 16.5. The van der Waals surface area contributed by atoms with Crippen molar-refractivity contribution in [2.45, 2.75) is 31.0 Å². The van der Waals surface area contributed by atoms with E-state index in [0.717, 1.165) is 23.5 Å². The number of anilines is 1. The number of aryl methyl sites for hydroxylation is 1. The Balaban J connectivity index is 1.78. The van der Waals surface area contributed by atoms with Gasteiger partial charge >= 0.3 is 6.18 Å². The van der Waals surface area contributed by atoms with Gasteiger partial charge in [-0.3, -0.25) is 4.72 Å². The first kappa shape index (κ1) is 20.2. The molecule has 1 aromatic carbocycles. The SMILES string of the molecule is Cc1nn(COc2cccc(C(F)(F)F)c2)c(C)c1NS(=O)(=O)c1cccs1. The molecule has 0 spiro atoms. The number of alkyl halides is 3. The number of nitrogens with zero attached hydrogens (tertiary/aromatic N) is 2. The van der Waals surface area contributed by atoms with Gasteiger partial charge in [0.15, 0.2) is 6.73 Å². The molecule has 150 valence electrons. The van der Waals surface area contributed by atoms with Crippen molar-refractivity contribution < 1.29 is 26.3 Å². The lowest BCUT2D eigenvalue weighted by Gasteiger charge is -2.11. The molecule has 0 aliphatic heterocycles. The maximum atomic E-state index is 12.8. The van der Waals surface area contributed by atoms with Crippen molar-refractivity contribution in [3.63, 3.8) is 0 Å². The molecule has 0 fully saturated rings. The van der Waals surface area contributed by atoms with Crippen LogP contribution in [0.1, 0.15) is 17.0 Å². The molecule has 0 aliphatic carbocycles. The largest absolute Gasteiger partial charge is 0.471 e. The highest BCUT2D eigenvalue weighted by atomic mass is 32.2. The summed E-state index contributed by atoms with van der Waals surface area (Å²) in [5, 5.41) is 5.86. The molecule has 0 radical (unpaired) electrons. The summed E-state index contributed by atoms with van der Waals surface area (Å²) in [5.41, 5.74) is 0.388. The van der Waals surface area contributed by atoms with Gasteiger partial charge in [0.25, 0.3) is 10.0 Å². The summed E-state index contributed by atoms with van der Waals surface area (Å²) in [6.07, 6.45) is -4.47. The molecular weight excluding hydrogens is 415 g/mol. The van der Waals surface area contributed by atoms with Crippen LogP contribution < -0.4 is 9.46 Å². The minimum absolute atomic E-state index is 0.0306. The Hall–Kier alpha value is -2.53. The van der Waals surface area contributed by atoms with Crippen molar-refractivity contribution in [3.8, 4) is 5.75 Å². The average Bonchev–Trinajstić information content (AvgIpc) is 3.25. The fourth-order valence-corrected chi connectivity index (χ4v) is 4.64. The van der Waals surface area contributed by atoms with Crippen LogP contribution in [-0.4, -0.2) is 18.2 Å². The first-order valence-electron chi connectivity index (χ1n) is 7.98. The first-order chi connectivity index (χ1) is 13.1. The van der Waals surface area contributed by atoms with Crippen LogP contribution in [0.15, 0.2) is 46.0 Å². The third kappa shape index (κ3) is 4.30. The summed E-state index contributed by atoms with van der Waals surface area (Å²) < 4.78 is 72.6. The smallest absolute Gasteiger partial charge is 0.416 e. The molecule has 3 aromatic rings. The molecule has 0 aliphatic rings. The standard InChI is InChI=1S/C17H16F3N3O3S2/c1-11-16(22-28(24,25)15-7-4-8-27-15)12(2)23(21-11)10-26-14-6-3-5-13(9-14)17(18,19)20/h3-9,22H,10H2,1-2H3. The van der Waals surface area contributed by atoms with Gasteiger partial charge in [0, 0.05) is 0 Å². The highest BCUT2D eigenvalue weighted by Gasteiger charge is 2.30. The minimum Gasteiger partial charge on any atom is -0.471 e. The third-order valence-electron chi connectivity index (χ3n) is 3.89. The first-order valence-corrected chi connectivity index (χ1v) is 10.3. The lowest BCUT2D eigenvalue weighted by atomic mass is 10.2. The van der Waals surface area contributed by atoms with Crippen molar-refractivity contribution in [2.24, 2.45) is 0 Å². The molecule has 28 heavy (non-hydrogen) atoms. The van der Waals surface area contributed by atoms with E-state index >= 15 is 0 Å². The van der Waals surface area contributed by atoms with Crippen LogP contribution in [0.3, 0.4) is 0 Å². The molecule has 6 nitrogen and oxygen atoms in total. The van der Waals surface area contributed by atoms with Gasteiger partial charge < -0.3 is 4.74 Å². The Morgan fingerprint density at radius 1 is 1.21 bits per heavy atom. The number of hydrogen-bond acceptors (Lipinski definition) is 5. The number of benzene rings is 1. The maximum Gasteiger partial charge on any atom is 0.416 e. The van der Waals surface area contributed by atoms with Gasteiger partial charge in [-0.25, -0.2) is 13.1 Å². The normalized spacial score (nSPS) is 12.2. The second-order valence-corrected chi connectivity index (χ2v) is 8.74. The topological polar surface area (TPSA) is 73.2 Å². The molecule has 3 rings (SSSR count). The predicted molar refractivity (Wildman–Crippen MR) is 98.9 cm³/mol. The Morgan fingerprint density at radius 2 is 1.96 bits per heavy atom. The van der Waals surface area contributed by atoms with Gasteiger partial charge in [0.2, 0.25) is 0 Å². The number of halogens is 3. The molecule has 11 heteroatoms. The molecule has 0 atom stereocenters. The number of aromatic nitrogens is 2. The zero-order valence-electron chi connectivity index (χ0n) is 14.8. The van der Waals surface area contributed by atoms with Gasteiger partial charge in [-0.1, -0.05) is 12.1 Å². The molecular formula is C17H16F3N3O3S2. The van der Waals surface area contributed by atoms with Crippen molar-refractivity contribution in [2.75, 3.05) is 4.72 Å². The van der Waals surface area contributed by atoms with Crippen LogP contribution in [0.4, 0.5) is 18.9 Å². The number of sulfonamides is 1. The molecule has 0 bridgehead atoms. The van der Waals surface area contributed by atoms with E-state index in [-0.39, 0.29) is 16.7 Å². The monoisotopic (exact) mass is 431 g/mol.